The van der Waals surface area contributed by atoms with Gasteiger partial charge in [0.1, 0.15) is 17.3 Å². The first-order valence-corrected chi connectivity index (χ1v) is 12.3. The minimum atomic E-state index is -0.766. The molecule has 7 nitrogen and oxygen atoms in total. The van der Waals surface area contributed by atoms with Crippen molar-refractivity contribution < 1.29 is 14.1 Å². The zero-order valence-electron chi connectivity index (χ0n) is 18.8. The summed E-state index contributed by atoms with van der Waals surface area (Å²) < 4.78 is 14.8. The number of thiophene rings is 1. The number of carbonyl (C=O) groups is 1. The average molecular weight is 545 g/mol. The number of benzene rings is 1. The van der Waals surface area contributed by atoms with Crippen molar-refractivity contribution in [3.05, 3.63) is 77.1 Å². The molecule has 1 aromatic heterocycles. The molecule has 2 aromatic rings. The molecule has 0 spiro atoms. The van der Waals surface area contributed by atoms with E-state index in [4.69, 9.17) is 5.73 Å². The molecule has 34 heavy (non-hydrogen) atoms. The molecule has 1 aromatic carbocycles. The Morgan fingerprint density at radius 3 is 2.68 bits per heavy atom. The smallest absolute Gasteiger partial charge is 0.296 e. The minimum absolute atomic E-state index is 0.00836. The lowest BCUT2D eigenvalue weighted by atomic mass is 9.69. The second-order valence-corrected chi connectivity index (χ2v) is 11.2. The van der Waals surface area contributed by atoms with E-state index in [9.17, 15) is 24.6 Å². The van der Waals surface area contributed by atoms with Gasteiger partial charge in [-0.05, 0) is 52.4 Å². The first-order chi connectivity index (χ1) is 16.0. The Kier molecular flexibility index (Phi) is 6.12. The number of rotatable bonds is 4. The largest absolute Gasteiger partial charge is 0.384 e. The number of nitrogens with zero attached hydrogens (tertiary/aromatic N) is 3. The van der Waals surface area contributed by atoms with Crippen LogP contribution >= 0.6 is 27.3 Å². The molecule has 1 atom stereocenters. The molecular weight excluding hydrogens is 523 g/mol. The van der Waals surface area contributed by atoms with Gasteiger partial charge >= 0.3 is 0 Å². The van der Waals surface area contributed by atoms with Crippen molar-refractivity contribution in [2.24, 2.45) is 11.1 Å². The number of nitriles is 1. The molecule has 0 saturated heterocycles. The van der Waals surface area contributed by atoms with Gasteiger partial charge in [0.25, 0.3) is 5.69 Å². The van der Waals surface area contributed by atoms with Gasteiger partial charge in [0, 0.05) is 31.9 Å². The van der Waals surface area contributed by atoms with E-state index in [0.717, 1.165) is 32.8 Å². The van der Waals surface area contributed by atoms with Crippen LogP contribution in [0.3, 0.4) is 0 Å². The molecule has 0 saturated carbocycles. The van der Waals surface area contributed by atoms with E-state index in [-0.39, 0.29) is 29.3 Å². The van der Waals surface area contributed by atoms with Gasteiger partial charge in [-0.15, -0.1) is 11.3 Å². The summed E-state index contributed by atoms with van der Waals surface area (Å²) >= 11 is 5.06. The second-order valence-electron chi connectivity index (χ2n) is 9.14. The maximum absolute atomic E-state index is 13.9. The fourth-order valence-corrected chi connectivity index (χ4v) is 6.75. The molecule has 1 unspecified atom stereocenters. The van der Waals surface area contributed by atoms with Crippen molar-refractivity contribution in [1.82, 2.24) is 0 Å². The van der Waals surface area contributed by atoms with Gasteiger partial charge in [-0.3, -0.25) is 19.8 Å². The van der Waals surface area contributed by atoms with Crippen LogP contribution in [0.4, 0.5) is 15.8 Å². The molecule has 2 aliphatic rings. The third-order valence-corrected chi connectivity index (χ3v) is 8.45. The van der Waals surface area contributed by atoms with Crippen LogP contribution in [-0.2, 0) is 11.2 Å². The predicted octanol–water partition coefficient (Wildman–Crippen LogP) is 6.06. The third-order valence-electron chi connectivity index (χ3n) is 6.14. The van der Waals surface area contributed by atoms with Gasteiger partial charge in [-0.1, -0.05) is 20.8 Å². The lowest BCUT2D eigenvalue weighted by molar-refractivity contribution is -0.384. The molecule has 2 heterocycles. The first-order valence-electron chi connectivity index (χ1n) is 10.7. The number of anilines is 1. The van der Waals surface area contributed by atoms with Crippen LogP contribution in [0.2, 0.25) is 0 Å². The molecule has 0 bridgehead atoms. The maximum atomic E-state index is 13.9. The number of nitro groups is 1. The third kappa shape index (κ3) is 3.93. The van der Waals surface area contributed by atoms with Crippen molar-refractivity contribution >= 4 is 44.4 Å². The van der Waals surface area contributed by atoms with Crippen LogP contribution in [0.25, 0.3) is 0 Å². The lowest BCUT2D eigenvalue weighted by Crippen LogP contribution is -2.42. The van der Waals surface area contributed by atoms with Crippen molar-refractivity contribution in [2.75, 3.05) is 4.90 Å². The van der Waals surface area contributed by atoms with Gasteiger partial charge in [0.05, 0.1) is 28.5 Å². The summed E-state index contributed by atoms with van der Waals surface area (Å²) in [5.74, 6) is -1.55. The molecule has 4 rings (SSSR count). The van der Waals surface area contributed by atoms with Gasteiger partial charge in [-0.25, -0.2) is 4.39 Å². The van der Waals surface area contributed by atoms with E-state index in [0.29, 0.717) is 17.7 Å². The SMILES string of the molecule is CCc1sc(C2C(C#N)=C(N)N(c3ccc(F)cc3[N+](=O)[O-])C3=C2C(=O)CC(C)(C)C3)cc1Br. The molecule has 1 aliphatic carbocycles. The Morgan fingerprint density at radius 2 is 2.09 bits per heavy atom. The van der Waals surface area contributed by atoms with E-state index in [1.54, 1.807) is 0 Å². The number of hydrogen-bond donors (Lipinski definition) is 1. The first kappa shape index (κ1) is 24.1. The maximum Gasteiger partial charge on any atom is 0.296 e. The highest BCUT2D eigenvalue weighted by Gasteiger charge is 2.46. The Balaban J connectivity index is 2.04. The molecule has 10 heteroatoms. The normalized spacial score (nSPS) is 19.8. The Labute approximate surface area is 208 Å². The number of allylic oxidation sites excluding steroid dienone is 3. The number of nitrogens with two attached hydrogens (primary N) is 1. The van der Waals surface area contributed by atoms with Crippen LogP contribution in [0.15, 0.2) is 51.4 Å². The van der Waals surface area contributed by atoms with Crippen molar-refractivity contribution in [1.29, 1.82) is 5.26 Å². The molecule has 1 aliphatic heterocycles. The number of Topliss-reactive ketones (excluding diaryl/α,β-unsaturated/α-hetero) is 1. The summed E-state index contributed by atoms with van der Waals surface area (Å²) in [5, 5.41) is 21.9. The topological polar surface area (TPSA) is 113 Å². The van der Waals surface area contributed by atoms with Crippen LogP contribution < -0.4 is 10.6 Å². The lowest BCUT2D eigenvalue weighted by Gasteiger charge is -2.43. The van der Waals surface area contributed by atoms with Crippen LogP contribution in [0, 0.1) is 32.7 Å². The van der Waals surface area contributed by atoms with Gasteiger partial charge < -0.3 is 5.73 Å². The molecular formula is C24H22BrFN4O3S. The fourth-order valence-electron chi connectivity index (χ4n) is 4.71. The number of halogens is 2. The number of aryl methyl sites for hydroxylation is 1. The minimum Gasteiger partial charge on any atom is -0.384 e. The zero-order chi connectivity index (χ0) is 24.9. The van der Waals surface area contributed by atoms with E-state index in [1.165, 1.54) is 22.3 Å². The fraction of sp³-hybridized carbons (Fsp3) is 0.333. The van der Waals surface area contributed by atoms with Crippen molar-refractivity contribution in [3.63, 3.8) is 0 Å². The summed E-state index contributed by atoms with van der Waals surface area (Å²) in [6.07, 6.45) is 1.46. The number of hydrogen-bond acceptors (Lipinski definition) is 7. The Hall–Kier alpha value is -3.03. The molecule has 0 radical (unpaired) electrons. The van der Waals surface area contributed by atoms with Gasteiger partial charge in [-0.2, -0.15) is 5.26 Å². The summed E-state index contributed by atoms with van der Waals surface area (Å²) in [6.45, 7) is 5.90. The second kappa shape index (κ2) is 8.64. The molecule has 0 fully saturated rings. The highest BCUT2D eigenvalue weighted by Crippen LogP contribution is 2.52. The van der Waals surface area contributed by atoms with Crippen LogP contribution in [0.1, 0.15) is 49.3 Å². The summed E-state index contributed by atoms with van der Waals surface area (Å²) in [4.78, 5) is 27.9. The summed E-state index contributed by atoms with van der Waals surface area (Å²) in [6, 6.07) is 7.26. The highest BCUT2D eigenvalue weighted by molar-refractivity contribution is 9.10. The zero-order valence-corrected chi connectivity index (χ0v) is 21.2. The van der Waals surface area contributed by atoms with Crippen molar-refractivity contribution in [3.8, 4) is 6.07 Å². The number of ketones is 1. The monoisotopic (exact) mass is 544 g/mol. The number of nitro benzene ring substituents is 1. The highest BCUT2D eigenvalue weighted by atomic mass is 79.9. The van der Waals surface area contributed by atoms with E-state index in [1.807, 2.05) is 26.8 Å². The molecule has 2 N–H and O–H groups in total. The standard InChI is InChI=1S/C24H22BrFN4O3S/c1-4-19-14(25)8-20(34-19)21-13(11-27)23(28)29(15-6-5-12(26)7-16(15)30(32)33)17-9-24(2,3)10-18(31)22(17)21/h5-8,21H,4,9-10,28H2,1-3H3. The molecule has 176 valence electrons. The van der Waals surface area contributed by atoms with E-state index in [2.05, 4.69) is 22.0 Å². The predicted molar refractivity (Wildman–Crippen MR) is 132 cm³/mol. The average Bonchev–Trinajstić information content (AvgIpc) is 3.13. The summed E-state index contributed by atoms with van der Waals surface area (Å²) in [5.41, 5.74) is 6.71. The van der Waals surface area contributed by atoms with Crippen molar-refractivity contribution in [2.45, 2.75) is 46.0 Å². The Bertz CT molecular complexity index is 1340. The van der Waals surface area contributed by atoms with E-state index >= 15 is 0 Å². The number of carbonyl (C=O) groups excluding carboxylic acids is 1. The van der Waals surface area contributed by atoms with Gasteiger partial charge in [0.2, 0.25) is 0 Å². The van der Waals surface area contributed by atoms with E-state index < -0.39 is 27.8 Å². The quantitative estimate of drug-likeness (QED) is 0.369. The van der Waals surface area contributed by atoms with Gasteiger partial charge in [0.15, 0.2) is 5.78 Å². The summed E-state index contributed by atoms with van der Waals surface area (Å²) in [7, 11) is 0. The molecule has 0 amide bonds. The van der Waals surface area contributed by atoms with Crippen LogP contribution in [0.5, 0.6) is 0 Å². The Morgan fingerprint density at radius 1 is 1.38 bits per heavy atom. The van der Waals surface area contributed by atoms with Crippen LogP contribution in [-0.4, -0.2) is 10.7 Å².